The van der Waals surface area contributed by atoms with Gasteiger partial charge in [0.2, 0.25) is 0 Å². The molecule has 0 radical (unpaired) electrons. The minimum Gasteiger partial charge on any atom is -0.497 e. The predicted octanol–water partition coefficient (Wildman–Crippen LogP) is 3.01. The van der Waals surface area contributed by atoms with Gasteiger partial charge in [-0.15, -0.1) is 24.0 Å². The highest BCUT2D eigenvalue weighted by Gasteiger charge is 1.95. The highest BCUT2D eigenvalue weighted by Crippen LogP contribution is 2.14. The van der Waals surface area contributed by atoms with Gasteiger partial charge in [0.1, 0.15) is 5.75 Å². The fourth-order valence-electron chi connectivity index (χ4n) is 1.29. The molecular weight excluding hydrogens is 341 g/mol. The van der Waals surface area contributed by atoms with E-state index < -0.39 is 0 Å². The van der Waals surface area contributed by atoms with Crippen LogP contribution in [0.1, 0.15) is 13.3 Å². The van der Waals surface area contributed by atoms with Crippen LogP contribution in [0.15, 0.2) is 41.4 Å². The quantitative estimate of drug-likeness (QED) is 0.279. The molecule has 0 bridgehead atoms. The Morgan fingerprint density at radius 2 is 2.06 bits per heavy atom. The molecule has 18 heavy (non-hydrogen) atoms. The zero-order valence-corrected chi connectivity index (χ0v) is 13.0. The molecule has 1 aromatic carbocycles. The van der Waals surface area contributed by atoms with E-state index in [1.165, 1.54) is 0 Å². The number of methoxy groups -OCH3 is 1. The number of nitrogens with one attached hydrogen (secondary N) is 1. The Kier molecular flexibility index (Phi) is 9.08. The maximum atomic E-state index is 5.74. The highest BCUT2D eigenvalue weighted by molar-refractivity contribution is 14.0. The molecule has 1 aromatic rings. The number of ether oxygens (including phenoxy) is 1. The summed E-state index contributed by atoms with van der Waals surface area (Å²) in [5, 5.41) is 3.02. The van der Waals surface area contributed by atoms with Crippen LogP contribution in [0, 0.1) is 0 Å². The second-order valence-corrected chi connectivity index (χ2v) is 3.48. The average molecular weight is 361 g/mol. The number of benzene rings is 1. The van der Waals surface area contributed by atoms with Crippen LogP contribution in [0.5, 0.6) is 5.75 Å². The van der Waals surface area contributed by atoms with Crippen molar-refractivity contribution in [3.8, 4) is 5.75 Å². The van der Waals surface area contributed by atoms with Crippen molar-refractivity contribution >= 4 is 35.6 Å². The Hall–Kier alpha value is -1.24. The van der Waals surface area contributed by atoms with Crippen molar-refractivity contribution in [3.63, 3.8) is 0 Å². The van der Waals surface area contributed by atoms with Crippen molar-refractivity contribution in [2.75, 3.05) is 19.0 Å². The molecule has 0 atom stereocenters. The van der Waals surface area contributed by atoms with E-state index in [1.807, 2.05) is 37.3 Å². The van der Waals surface area contributed by atoms with Crippen LogP contribution in [0.2, 0.25) is 0 Å². The van der Waals surface area contributed by atoms with E-state index in [0.717, 1.165) is 17.9 Å². The lowest BCUT2D eigenvalue weighted by atomic mass is 10.3. The summed E-state index contributed by atoms with van der Waals surface area (Å²) >= 11 is 0. The molecule has 4 nitrogen and oxygen atoms in total. The van der Waals surface area contributed by atoms with Gasteiger partial charge in [-0.2, -0.15) is 0 Å². The summed E-state index contributed by atoms with van der Waals surface area (Å²) in [6, 6.07) is 7.53. The summed E-state index contributed by atoms with van der Waals surface area (Å²) in [6.45, 7) is 2.68. The molecule has 0 amide bonds. The van der Waals surface area contributed by atoms with Crippen LogP contribution in [0.4, 0.5) is 5.69 Å². The Balaban J connectivity index is 0.00000289. The van der Waals surface area contributed by atoms with E-state index in [9.17, 15) is 0 Å². The van der Waals surface area contributed by atoms with Gasteiger partial charge in [-0.05, 0) is 37.6 Å². The van der Waals surface area contributed by atoms with Crippen molar-refractivity contribution in [2.24, 2.45) is 10.7 Å². The fourth-order valence-corrected chi connectivity index (χ4v) is 1.29. The normalized spacial score (nSPS) is 11.1. The zero-order valence-electron chi connectivity index (χ0n) is 10.7. The average Bonchev–Trinajstić information content (AvgIpc) is 2.36. The molecular formula is C13H20IN3O. The molecule has 0 aromatic heterocycles. The summed E-state index contributed by atoms with van der Waals surface area (Å²) in [6.07, 6.45) is 4.97. The topological polar surface area (TPSA) is 59.6 Å². The third kappa shape index (κ3) is 6.48. The number of halogens is 1. The molecule has 0 fully saturated rings. The van der Waals surface area contributed by atoms with E-state index in [2.05, 4.69) is 16.4 Å². The summed E-state index contributed by atoms with van der Waals surface area (Å²) in [4.78, 5) is 4.20. The maximum Gasteiger partial charge on any atom is 0.193 e. The summed E-state index contributed by atoms with van der Waals surface area (Å²) in [7, 11) is 1.64. The Morgan fingerprint density at radius 1 is 1.39 bits per heavy atom. The van der Waals surface area contributed by atoms with E-state index in [4.69, 9.17) is 10.5 Å². The van der Waals surface area contributed by atoms with E-state index in [1.54, 1.807) is 7.11 Å². The monoisotopic (exact) mass is 361 g/mol. The second kappa shape index (κ2) is 9.76. The number of nitrogens with two attached hydrogens (primary N) is 1. The number of hydrogen-bond acceptors (Lipinski definition) is 2. The highest BCUT2D eigenvalue weighted by atomic mass is 127. The molecule has 0 aliphatic carbocycles. The van der Waals surface area contributed by atoms with Gasteiger partial charge < -0.3 is 15.8 Å². The van der Waals surface area contributed by atoms with E-state index in [0.29, 0.717) is 12.5 Å². The van der Waals surface area contributed by atoms with Crippen molar-refractivity contribution in [2.45, 2.75) is 13.3 Å². The Labute approximate surface area is 125 Å². The first-order valence-corrected chi connectivity index (χ1v) is 5.58. The number of guanidine groups is 1. The van der Waals surface area contributed by atoms with Gasteiger partial charge >= 0.3 is 0 Å². The Morgan fingerprint density at radius 3 is 2.61 bits per heavy atom. The lowest BCUT2D eigenvalue weighted by Crippen LogP contribution is -2.22. The van der Waals surface area contributed by atoms with Crippen LogP contribution in [-0.4, -0.2) is 19.6 Å². The molecule has 1 rings (SSSR count). The van der Waals surface area contributed by atoms with Gasteiger partial charge in [-0.1, -0.05) is 12.2 Å². The van der Waals surface area contributed by atoms with Crippen molar-refractivity contribution in [1.82, 2.24) is 0 Å². The molecule has 0 spiro atoms. The van der Waals surface area contributed by atoms with Crippen molar-refractivity contribution in [3.05, 3.63) is 36.4 Å². The van der Waals surface area contributed by atoms with Gasteiger partial charge in [0.15, 0.2) is 5.96 Å². The van der Waals surface area contributed by atoms with Crippen LogP contribution in [0.3, 0.4) is 0 Å². The first-order chi connectivity index (χ1) is 8.26. The number of rotatable bonds is 5. The van der Waals surface area contributed by atoms with Crippen molar-refractivity contribution < 1.29 is 4.74 Å². The minimum absolute atomic E-state index is 0. The summed E-state index contributed by atoms with van der Waals surface area (Å²) < 4.78 is 5.07. The number of hydrogen-bond donors (Lipinski definition) is 2. The molecule has 0 saturated heterocycles. The van der Waals surface area contributed by atoms with Gasteiger partial charge in [0.25, 0.3) is 0 Å². The molecule has 0 aliphatic heterocycles. The Bertz CT molecular complexity index is 388. The SMILES string of the molecule is CC=CCCN=C(N)Nc1ccc(OC)cc1.I. The molecule has 3 N–H and O–H groups in total. The minimum atomic E-state index is 0. The molecule has 100 valence electrons. The lowest BCUT2D eigenvalue weighted by molar-refractivity contribution is 0.415. The number of nitrogens with zero attached hydrogens (tertiary/aromatic N) is 1. The number of allylic oxidation sites excluding steroid dienone is 1. The van der Waals surface area contributed by atoms with E-state index in [-0.39, 0.29) is 24.0 Å². The number of anilines is 1. The molecule has 0 unspecified atom stereocenters. The molecule has 0 aliphatic rings. The predicted molar refractivity (Wildman–Crippen MR) is 88.0 cm³/mol. The zero-order chi connectivity index (χ0) is 12.5. The largest absolute Gasteiger partial charge is 0.497 e. The van der Waals surface area contributed by atoms with Gasteiger partial charge in [-0.25, -0.2) is 0 Å². The van der Waals surface area contributed by atoms with Crippen LogP contribution < -0.4 is 15.8 Å². The van der Waals surface area contributed by atoms with Crippen LogP contribution in [0.25, 0.3) is 0 Å². The summed E-state index contributed by atoms with van der Waals surface area (Å²) in [5.74, 6) is 1.25. The first-order valence-electron chi connectivity index (χ1n) is 5.58. The maximum absolute atomic E-state index is 5.74. The second-order valence-electron chi connectivity index (χ2n) is 3.48. The van der Waals surface area contributed by atoms with Gasteiger partial charge in [-0.3, -0.25) is 4.99 Å². The van der Waals surface area contributed by atoms with Crippen molar-refractivity contribution in [1.29, 1.82) is 0 Å². The third-order valence-corrected chi connectivity index (χ3v) is 2.18. The van der Waals surface area contributed by atoms with E-state index >= 15 is 0 Å². The van der Waals surface area contributed by atoms with Gasteiger partial charge in [0, 0.05) is 12.2 Å². The fraction of sp³-hybridized carbons (Fsp3) is 0.308. The molecule has 0 heterocycles. The standard InChI is InChI=1S/C13H19N3O.HI/c1-3-4-5-10-15-13(14)16-11-6-8-12(17-2)9-7-11;/h3-4,6-9H,5,10H2,1-2H3,(H3,14,15,16);1H. The van der Waals surface area contributed by atoms with Gasteiger partial charge in [0.05, 0.1) is 7.11 Å². The first kappa shape index (κ1) is 16.8. The third-order valence-electron chi connectivity index (χ3n) is 2.18. The molecule has 0 saturated carbocycles. The number of aliphatic imine (C=N–C) groups is 1. The smallest absolute Gasteiger partial charge is 0.193 e. The summed E-state index contributed by atoms with van der Waals surface area (Å²) in [5.41, 5.74) is 6.64. The van der Waals surface area contributed by atoms with Crippen LogP contribution >= 0.6 is 24.0 Å². The molecule has 5 heteroatoms. The van der Waals surface area contributed by atoms with Crippen LogP contribution in [-0.2, 0) is 0 Å². The lowest BCUT2D eigenvalue weighted by Gasteiger charge is -2.06.